The molecule has 1 saturated heterocycles. The molecule has 3 heterocycles. The second kappa shape index (κ2) is 8.62. The van der Waals surface area contributed by atoms with Crippen LogP contribution in [0.15, 0.2) is 11.5 Å². The first kappa shape index (κ1) is 18.2. The SMILES string of the molecule is CNCc1nnc(SCc2nncn2C)n1CC1CCCO1.Cl. The van der Waals surface area contributed by atoms with Gasteiger partial charge < -0.3 is 19.2 Å². The zero-order valence-electron chi connectivity index (χ0n) is 13.3. The normalized spacial score (nSPS) is 17.4. The molecule has 0 bridgehead atoms. The lowest BCUT2D eigenvalue weighted by molar-refractivity contribution is 0.0941. The van der Waals surface area contributed by atoms with E-state index in [2.05, 4.69) is 30.3 Å². The fourth-order valence-corrected chi connectivity index (χ4v) is 3.41. The van der Waals surface area contributed by atoms with Crippen LogP contribution in [0.2, 0.25) is 0 Å². The highest BCUT2D eigenvalue weighted by Crippen LogP contribution is 2.23. The fourth-order valence-electron chi connectivity index (χ4n) is 2.46. The predicted molar refractivity (Wildman–Crippen MR) is 89.6 cm³/mol. The molecular weight excluding hydrogens is 338 g/mol. The molecule has 0 saturated carbocycles. The summed E-state index contributed by atoms with van der Waals surface area (Å²) >= 11 is 1.63. The number of ether oxygens (including phenoxy) is 1. The van der Waals surface area contributed by atoms with Crippen molar-refractivity contribution in [1.82, 2.24) is 34.8 Å². The Morgan fingerprint density at radius 2 is 2.22 bits per heavy atom. The molecule has 23 heavy (non-hydrogen) atoms. The Bertz CT molecular complexity index is 611. The predicted octanol–water partition coefficient (Wildman–Crippen LogP) is 1.02. The number of hydrogen-bond donors (Lipinski definition) is 1. The maximum absolute atomic E-state index is 5.75. The van der Waals surface area contributed by atoms with Crippen LogP contribution in [-0.2, 0) is 30.6 Å². The third-order valence-corrected chi connectivity index (χ3v) is 4.64. The highest BCUT2D eigenvalue weighted by atomic mass is 35.5. The minimum Gasteiger partial charge on any atom is -0.376 e. The molecule has 0 spiro atoms. The number of hydrogen-bond acceptors (Lipinski definition) is 7. The van der Waals surface area contributed by atoms with E-state index in [9.17, 15) is 0 Å². The number of aromatic nitrogens is 6. The van der Waals surface area contributed by atoms with Gasteiger partial charge in [-0.2, -0.15) is 0 Å². The van der Waals surface area contributed by atoms with Gasteiger partial charge in [0, 0.05) is 13.7 Å². The van der Waals surface area contributed by atoms with E-state index in [0.29, 0.717) is 6.54 Å². The van der Waals surface area contributed by atoms with Crippen LogP contribution in [0.1, 0.15) is 24.5 Å². The van der Waals surface area contributed by atoms with Crippen LogP contribution in [0.25, 0.3) is 0 Å². The van der Waals surface area contributed by atoms with Crippen molar-refractivity contribution in [3.63, 3.8) is 0 Å². The lowest BCUT2D eigenvalue weighted by Crippen LogP contribution is -2.20. The second-order valence-electron chi connectivity index (χ2n) is 5.32. The highest BCUT2D eigenvalue weighted by Gasteiger charge is 2.21. The van der Waals surface area contributed by atoms with Gasteiger partial charge in [0.1, 0.15) is 18.0 Å². The van der Waals surface area contributed by atoms with Crippen molar-refractivity contribution in [2.45, 2.75) is 42.9 Å². The van der Waals surface area contributed by atoms with Crippen molar-refractivity contribution in [2.75, 3.05) is 13.7 Å². The Morgan fingerprint density at radius 3 is 2.87 bits per heavy atom. The highest BCUT2D eigenvalue weighted by molar-refractivity contribution is 7.98. The summed E-state index contributed by atoms with van der Waals surface area (Å²) in [7, 11) is 3.86. The molecule has 0 radical (unpaired) electrons. The quantitative estimate of drug-likeness (QED) is 0.739. The third-order valence-electron chi connectivity index (χ3n) is 3.67. The zero-order chi connectivity index (χ0) is 15.4. The van der Waals surface area contributed by atoms with E-state index in [0.717, 1.165) is 48.6 Å². The summed E-state index contributed by atoms with van der Waals surface area (Å²) in [6, 6.07) is 0. The number of nitrogens with zero attached hydrogens (tertiary/aromatic N) is 6. The molecule has 1 unspecified atom stereocenters. The van der Waals surface area contributed by atoms with Crippen LogP contribution >= 0.6 is 24.2 Å². The number of aryl methyl sites for hydroxylation is 1. The molecule has 8 nitrogen and oxygen atoms in total. The van der Waals surface area contributed by atoms with Crippen LogP contribution in [0.4, 0.5) is 0 Å². The maximum Gasteiger partial charge on any atom is 0.191 e. The van der Waals surface area contributed by atoms with Gasteiger partial charge in [-0.3, -0.25) is 0 Å². The van der Waals surface area contributed by atoms with Gasteiger partial charge in [-0.05, 0) is 19.9 Å². The molecule has 2 aromatic heterocycles. The van der Waals surface area contributed by atoms with Crippen molar-refractivity contribution in [2.24, 2.45) is 7.05 Å². The summed E-state index contributed by atoms with van der Waals surface area (Å²) in [4.78, 5) is 0. The lowest BCUT2D eigenvalue weighted by atomic mass is 10.2. The maximum atomic E-state index is 5.75. The number of thioether (sulfide) groups is 1. The van der Waals surface area contributed by atoms with Crippen LogP contribution in [0.5, 0.6) is 0 Å². The number of rotatable bonds is 7. The summed E-state index contributed by atoms with van der Waals surface area (Å²) in [6.07, 6.45) is 4.21. The number of halogens is 1. The Labute approximate surface area is 145 Å². The molecule has 0 aromatic carbocycles. The molecule has 0 amide bonds. The Morgan fingerprint density at radius 1 is 1.35 bits per heavy atom. The molecule has 1 atom stereocenters. The monoisotopic (exact) mass is 359 g/mol. The van der Waals surface area contributed by atoms with Gasteiger partial charge in [-0.1, -0.05) is 11.8 Å². The molecule has 1 aliphatic rings. The van der Waals surface area contributed by atoms with E-state index < -0.39 is 0 Å². The minimum atomic E-state index is 0. The third kappa shape index (κ3) is 4.43. The Hall–Kier alpha value is -1.16. The van der Waals surface area contributed by atoms with E-state index >= 15 is 0 Å². The largest absolute Gasteiger partial charge is 0.376 e. The van der Waals surface area contributed by atoms with Crippen LogP contribution in [0.3, 0.4) is 0 Å². The average Bonchev–Trinajstić information content (AvgIpc) is 3.22. The Balaban J connectivity index is 0.00000192. The van der Waals surface area contributed by atoms with E-state index in [4.69, 9.17) is 4.74 Å². The van der Waals surface area contributed by atoms with Gasteiger partial charge in [-0.25, -0.2) is 0 Å². The van der Waals surface area contributed by atoms with E-state index in [-0.39, 0.29) is 18.5 Å². The minimum absolute atomic E-state index is 0. The van der Waals surface area contributed by atoms with E-state index in [1.165, 1.54) is 0 Å². The number of nitrogens with one attached hydrogen (secondary N) is 1. The van der Waals surface area contributed by atoms with Gasteiger partial charge in [-0.15, -0.1) is 32.8 Å². The molecule has 2 aromatic rings. The van der Waals surface area contributed by atoms with Crippen LogP contribution in [-0.4, -0.2) is 49.3 Å². The summed E-state index contributed by atoms with van der Waals surface area (Å²) in [5.41, 5.74) is 0. The van der Waals surface area contributed by atoms with Gasteiger partial charge in [0.2, 0.25) is 0 Å². The van der Waals surface area contributed by atoms with Crippen LogP contribution in [0, 0.1) is 0 Å². The first-order valence-corrected chi connectivity index (χ1v) is 8.40. The lowest BCUT2D eigenvalue weighted by Gasteiger charge is -2.14. The molecule has 10 heteroatoms. The topological polar surface area (TPSA) is 82.7 Å². The van der Waals surface area contributed by atoms with Crippen LogP contribution < -0.4 is 5.32 Å². The van der Waals surface area contributed by atoms with Gasteiger partial charge >= 0.3 is 0 Å². The van der Waals surface area contributed by atoms with Crippen molar-refractivity contribution in [1.29, 1.82) is 0 Å². The van der Waals surface area contributed by atoms with Gasteiger partial charge in [0.25, 0.3) is 0 Å². The first-order chi connectivity index (χ1) is 10.8. The molecule has 1 N–H and O–H groups in total. The van der Waals surface area contributed by atoms with Gasteiger partial charge in [0.15, 0.2) is 5.16 Å². The zero-order valence-corrected chi connectivity index (χ0v) is 14.9. The Kier molecular flexibility index (Phi) is 6.82. The van der Waals surface area contributed by atoms with E-state index in [1.54, 1.807) is 18.1 Å². The molecule has 3 rings (SSSR count). The van der Waals surface area contributed by atoms with E-state index in [1.807, 2.05) is 18.7 Å². The molecule has 1 fully saturated rings. The average molecular weight is 360 g/mol. The molecule has 128 valence electrons. The van der Waals surface area contributed by atoms with Crippen molar-refractivity contribution < 1.29 is 4.74 Å². The van der Waals surface area contributed by atoms with Crippen molar-refractivity contribution >= 4 is 24.2 Å². The first-order valence-electron chi connectivity index (χ1n) is 7.42. The molecular formula is C13H22ClN7OS. The fraction of sp³-hybridized carbons (Fsp3) is 0.692. The standard InChI is InChI=1S/C13H21N7OS.ClH/c1-14-6-11-17-18-13(20(11)7-10-4-3-5-21-10)22-8-12-16-15-9-19(12)2;/h9-10,14H,3-8H2,1-2H3;1H. The summed E-state index contributed by atoms with van der Waals surface area (Å²) in [5.74, 6) is 2.59. The summed E-state index contributed by atoms with van der Waals surface area (Å²) in [5, 5.41) is 20.7. The second-order valence-corrected chi connectivity index (χ2v) is 6.26. The van der Waals surface area contributed by atoms with Crippen molar-refractivity contribution in [3.8, 4) is 0 Å². The summed E-state index contributed by atoms with van der Waals surface area (Å²) in [6.45, 7) is 2.37. The van der Waals surface area contributed by atoms with Crippen molar-refractivity contribution in [3.05, 3.63) is 18.0 Å². The molecule has 1 aliphatic heterocycles. The van der Waals surface area contributed by atoms with Gasteiger partial charge in [0.05, 0.1) is 24.9 Å². The molecule has 0 aliphatic carbocycles. The summed E-state index contributed by atoms with van der Waals surface area (Å²) < 4.78 is 9.83. The smallest absolute Gasteiger partial charge is 0.191 e.